The van der Waals surface area contributed by atoms with Gasteiger partial charge in [0.15, 0.2) is 5.69 Å². The van der Waals surface area contributed by atoms with Crippen molar-refractivity contribution in [1.29, 1.82) is 0 Å². The van der Waals surface area contributed by atoms with Gasteiger partial charge in [0.25, 0.3) is 5.91 Å². The number of halogens is 2. The summed E-state index contributed by atoms with van der Waals surface area (Å²) >= 11 is 6.20. The van der Waals surface area contributed by atoms with E-state index >= 15 is 0 Å². The van der Waals surface area contributed by atoms with Crippen LogP contribution in [0.25, 0.3) is 11.3 Å². The number of amides is 2. The van der Waals surface area contributed by atoms with Crippen molar-refractivity contribution in [2.75, 3.05) is 13.1 Å². The summed E-state index contributed by atoms with van der Waals surface area (Å²) in [5.74, 6) is -0.630. The van der Waals surface area contributed by atoms with Crippen LogP contribution in [-0.2, 0) is 18.4 Å². The molecule has 180 valence electrons. The van der Waals surface area contributed by atoms with Crippen molar-refractivity contribution in [1.82, 2.24) is 20.0 Å². The largest absolute Gasteiger partial charge is 0.488 e. The molecule has 1 aliphatic carbocycles. The molecule has 1 aliphatic heterocycles. The van der Waals surface area contributed by atoms with Crippen molar-refractivity contribution in [2.24, 2.45) is 18.9 Å². The second-order valence-electron chi connectivity index (χ2n) is 9.07. The van der Waals surface area contributed by atoms with Crippen LogP contribution in [0.2, 0.25) is 5.02 Å². The third kappa shape index (κ3) is 4.87. The van der Waals surface area contributed by atoms with E-state index < -0.39 is 5.91 Å². The SMILES string of the molecule is CC(C)NC(=O)CN(CC1C=C(F)C=CC1C)C(=O)c1nn(C)c2c1COc1ccc(Cl)cc1-2. The molecule has 2 heterocycles. The number of benzene rings is 1. The Labute approximate surface area is 203 Å². The Balaban J connectivity index is 1.69. The molecule has 0 radical (unpaired) electrons. The minimum absolute atomic E-state index is 0.0120. The molecule has 0 spiro atoms. The average Bonchev–Trinajstić information content (AvgIpc) is 3.11. The van der Waals surface area contributed by atoms with Crippen LogP contribution < -0.4 is 10.1 Å². The third-order valence-corrected chi connectivity index (χ3v) is 6.26. The van der Waals surface area contributed by atoms with Crippen LogP contribution in [0.3, 0.4) is 0 Å². The molecule has 1 aromatic heterocycles. The first-order chi connectivity index (χ1) is 16.1. The van der Waals surface area contributed by atoms with Crippen LogP contribution in [0.15, 0.2) is 42.3 Å². The molecule has 0 saturated heterocycles. The van der Waals surface area contributed by atoms with Gasteiger partial charge in [-0.15, -0.1) is 0 Å². The number of aromatic nitrogens is 2. The predicted molar refractivity (Wildman–Crippen MR) is 128 cm³/mol. The lowest BCUT2D eigenvalue weighted by molar-refractivity contribution is -0.122. The minimum Gasteiger partial charge on any atom is -0.488 e. The van der Waals surface area contributed by atoms with Gasteiger partial charge in [0, 0.05) is 41.7 Å². The number of nitrogens with one attached hydrogen (secondary N) is 1. The van der Waals surface area contributed by atoms with Gasteiger partial charge in [-0.25, -0.2) is 4.39 Å². The van der Waals surface area contributed by atoms with Gasteiger partial charge in [-0.1, -0.05) is 24.6 Å². The van der Waals surface area contributed by atoms with Crippen LogP contribution in [0.1, 0.15) is 36.8 Å². The minimum atomic E-state index is -0.402. The van der Waals surface area contributed by atoms with Gasteiger partial charge in [-0.05, 0) is 50.1 Å². The van der Waals surface area contributed by atoms with E-state index in [0.29, 0.717) is 16.3 Å². The summed E-state index contributed by atoms with van der Waals surface area (Å²) < 4.78 is 21.5. The highest BCUT2D eigenvalue weighted by Crippen LogP contribution is 2.40. The number of aryl methyl sites for hydroxylation is 1. The Bertz CT molecular complexity index is 1190. The molecule has 4 rings (SSSR count). The van der Waals surface area contributed by atoms with E-state index in [1.54, 1.807) is 36.0 Å². The zero-order valence-corrected chi connectivity index (χ0v) is 20.4. The Hall–Kier alpha value is -3.13. The number of rotatable bonds is 6. The maximum atomic E-state index is 14.0. The van der Waals surface area contributed by atoms with Crippen LogP contribution in [0, 0.1) is 11.8 Å². The van der Waals surface area contributed by atoms with E-state index in [1.165, 1.54) is 17.1 Å². The summed E-state index contributed by atoms with van der Waals surface area (Å²) in [5.41, 5.74) is 2.35. The number of ether oxygens (including phenoxy) is 1. The zero-order chi connectivity index (χ0) is 24.6. The van der Waals surface area contributed by atoms with Gasteiger partial charge >= 0.3 is 0 Å². The van der Waals surface area contributed by atoms with Crippen LogP contribution in [0.4, 0.5) is 4.39 Å². The second kappa shape index (κ2) is 9.62. The molecular weight excluding hydrogens is 459 g/mol. The first-order valence-electron chi connectivity index (χ1n) is 11.3. The van der Waals surface area contributed by atoms with Gasteiger partial charge in [0.1, 0.15) is 18.2 Å². The monoisotopic (exact) mass is 486 g/mol. The summed E-state index contributed by atoms with van der Waals surface area (Å²) in [6.45, 7) is 5.85. The number of allylic oxidation sites excluding steroid dienone is 3. The van der Waals surface area contributed by atoms with Crippen LogP contribution in [-0.4, -0.2) is 45.6 Å². The van der Waals surface area contributed by atoms with Gasteiger partial charge in [-0.2, -0.15) is 5.10 Å². The van der Waals surface area contributed by atoms with E-state index in [2.05, 4.69) is 10.4 Å². The molecule has 7 nitrogen and oxygen atoms in total. The molecular formula is C25H28ClFN4O3. The molecule has 2 amide bonds. The van der Waals surface area contributed by atoms with Crippen molar-refractivity contribution >= 4 is 23.4 Å². The number of hydrogen-bond acceptors (Lipinski definition) is 4. The summed E-state index contributed by atoms with van der Waals surface area (Å²) in [6, 6.07) is 5.24. The van der Waals surface area contributed by atoms with Crippen molar-refractivity contribution in [3.05, 3.63) is 58.5 Å². The number of hydrogen-bond donors (Lipinski definition) is 1. The summed E-state index contributed by atoms with van der Waals surface area (Å²) in [7, 11) is 1.76. The number of nitrogens with zero attached hydrogens (tertiary/aromatic N) is 3. The van der Waals surface area contributed by atoms with E-state index in [-0.39, 0.29) is 55.0 Å². The third-order valence-electron chi connectivity index (χ3n) is 6.03. The van der Waals surface area contributed by atoms with Gasteiger partial charge in [0.05, 0.1) is 12.2 Å². The highest BCUT2D eigenvalue weighted by atomic mass is 35.5. The highest BCUT2D eigenvalue weighted by Gasteiger charge is 2.33. The van der Waals surface area contributed by atoms with E-state index in [4.69, 9.17) is 16.3 Å². The van der Waals surface area contributed by atoms with E-state index in [9.17, 15) is 14.0 Å². The molecule has 2 aliphatic rings. The fourth-order valence-electron chi connectivity index (χ4n) is 4.36. The predicted octanol–water partition coefficient (Wildman–Crippen LogP) is 4.28. The summed E-state index contributed by atoms with van der Waals surface area (Å²) in [6.07, 6.45) is 4.70. The van der Waals surface area contributed by atoms with Crippen LogP contribution >= 0.6 is 11.6 Å². The normalized spacial score (nSPS) is 18.6. The Kier molecular flexibility index (Phi) is 6.79. The highest BCUT2D eigenvalue weighted by molar-refractivity contribution is 6.31. The molecule has 1 N–H and O–H groups in total. The Morgan fingerprint density at radius 3 is 2.88 bits per heavy atom. The lowest BCUT2D eigenvalue weighted by Crippen LogP contribution is -2.45. The van der Waals surface area contributed by atoms with Gasteiger partial charge in [-0.3, -0.25) is 14.3 Å². The van der Waals surface area contributed by atoms with Crippen molar-refractivity contribution < 1.29 is 18.7 Å². The van der Waals surface area contributed by atoms with Crippen molar-refractivity contribution in [3.63, 3.8) is 0 Å². The van der Waals surface area contributed by atoms with Gasteiger partial charge in [0.2, 0.25) is 5.91 Å². The zero-order valence-electron chi connectivity index (χ0n) is 19.6. The molecule has 2 atom stereocenters. The van der Waals surface area contributed by atoms with Crippen LogP contribution in [0.5, 0.6) is 5.75 Å². The quantitative estimate of drug-likeness (QED) is 0.661. The van der Waals surface area contributed by atoms with Gasteiger partial charge < -0.3 is 15.0 Å². The maximum absolute atomic E-state index is 14.0. The van der Waals surface area contributed by atoms with E-state index in [0.717, 1.165) is 11.3 Å². The molecule has 0 bridgehead atoms. The molecule has 2 unspecified atom stereocenters. The Morgan fingerprint density at radius 2 is 2.15 bits per heavy atom. The molecule has 34 heavy (non-hydrogen) atoms. The summed E-state index contributed by atoms with van der Waals surface area (Å²) in [5, 5.41) is 7.87. The number of fused-ring (bicyclic) bond motifs is 3. The molecule has 0 saturated carbocycles. The summed E-state index contributed by atoms with van der Waals surface area (Å²) in [4.78, 5) is 27.8. The maximum Gasteiger partial charge on any atom is 0.275 e. The second-order valence-corrected chi connectivity index (χ2v) is 9.51. The van der Waals surface area contributed by atoms with Crippen molar-refractivity contribution in [3.8, 4) is 17.0 Å². The molecule has 0 fully saturated rings. The molecule has 9 heteroatoms. The lowest BCUT2D eigenvalue weighted by atomic mass is 9.89. The average molecular weight is 487 g/mol. The van der Waals surface area contributed by atoms with E-state index in [1.807, 2.05) is 20.8 Å². The topological polar surface area (TPSA) is 76.5 Å². The van der Waals surface area contributed by atoms with Crippen molar-refractivity contribution in [2.45, 2.75) is 33.4 Å². The Morgan fingerprint density at radius 1 is 1.38 bits per heavy atom. The molecule has 1 aromatic carbocycles. The number of carbonyl (C=O) groups is 2. The molecule has 2 aromatic rings. The number of carbonyl (C=O) groups excluding carboxylic acids is 2. The lowest BCUT2D eigenvalue weighted by Gasteiger charge is -2.29. The first-order valence-corrected chi connectivity index (χ1v) is 11.6. The fraction of sp³-hybridized carbons (Fsp3) is 0.400. The first kappa shape index (κ1) is 24.0. The fourth-order valence-corrected chi connectivity index (χ4v) is 4.53. The standard InChI is InChI=1S/C25H28ClFN4O3/c1-14(2)28-22(32)12-31(11-16-9-18(27)7-5-15(16)3)25(33)23-20-13-34-21-8-6-17(26)10-19(21)24(20)30(4)29-23/h5-10,14-16H,11-13H2,1-4H3,(H,28,32). The smallest absolute Gasteiger partial charge is 0.275 e.